The van der Waals surface area contributed by atoms with Crippen LogP contribution in [0.2, 0.25) is 0 Å². The molecule has 0 fully saturated rings. The van der Waals surface area contributed by atoms with Gasteiger partial charge in [-0.05, 0) is 82.9 Å². The van der Waals surface area contributed by atoms with Crippen molar-refractivity contribution >= 4 is 65.9 Å². The monoisotopic (exact) mass is 690 g/mol. The van der Waals surface area contributed by atoms with Gasteiger partial charge in [-0.3, -0.25) is 9.13 Å². The van der Waals surface area contributed by atoms with Gasteiger partial charge >= 0.3 is 0 Å². The van der Waals surface area contributed by atoms with Crippen molar-refractivity contribution in [2.75, 3.05) is 0 Å². The lowest BCUT2D eigenvalue weighted by atomic mass is 9.92. The van der Waals surface area contributed by atoms with Crippen LogP contribution < -0.4 is 0 Å². The SMILES string of the molecule is N#Cc1ccc(-c2cc(-n3c4ccccc4c4c5ccccc5oc43)c(-n3c4ccccc4c4c5ccccc5oc43)cc2-c2ccc(C#N)cc2)cc1. The van der Waals surface area contributed by atoms with Crippen LogP contribution in [0.1, 0.15) is 11.1 Å². The number of furan rings is 2. The molecule has 0 unspecified atom stereocenters. The van der Waals surface area contributed by atoms with Gasteiger partial charge in [-0.15, -0.1) is 0 Å². The minimum Gasteiger partial charge on any atom is -0.439 e. The second-order valence-corrected chi connectivity index (χ2v) is 13.5. The van der Waals surface area contributed by atoms with E-state index in [4.69, 9.17) is 8.83 Å². The molecule has 4 aromatic heterocycles. The Hall–Kier alpha value is -7.80. The van der Waals surface area contributed by atoms with Gasteiger partial charge in [0.15, 0.2) is 0 Å². The first kappa shape index (κ1) is 29.9. The predicted octanol–water partition coefficient (Wildman–Crippen LogP) is 12.5. The van der Waals surface area contributed by atoms with Crippen LogP contribution >= 0.6 is 0 Å². The van der Waals surface area contributed by atoms with Crippen LogP contribution in [-0.2, 0) is 0 Å². The van der Waals surface area contributed by atoms with Gasteiger partial charge in [0.2, 0.25) is 11.4 Å². The summed E-state index contributed by atoms with van der Waals surface area (Å²) in [5.41, 5.74) is 11.9. The van der Waals surface area contributed by atoms with Gasteiger partial charge in [0.25, 0.3) is 0 Å². The second-order valence-electron chi connectivity index (χ2n) is 13.5. The Morgan fingerprint density at radius 1 is 0.407 bits per heavy atom. The smallest absolute Gasteiger partial charge is 0.213 e. The van der Waals surface area contributed by atoms with Gasteiger partial charge in [-0.1, -0.05) is 97.1 Å². The summed E-state index contributed by atoms with van der Waals surface area (Å²) in [7, 11) is 0. The zero-order chi connectivity index (χ0) is 35.9. The average molecular weight is 691 g/mol. The maximum absolute atomic E-state index is 9.68. The van der Waals surface area contributed by atoms with Crippen molar-refractivity contribution in [3.8, 4) is 45.8 Å². The van der Waals surface area contributed by atoms with Crippen molar-refractivity contribution in [3.05, 3.63) is 169 Å². The molecule has 0 saturated carbocycles. The first-order chi connectivity index (χ1) is 26.7. The van der Waals surface area contributed by atoms with Crippen molar-refractivity contribution < 1.29 is 8.83 Å². The zero-order valence-electron chi connectivity index (χ0n) is 28.6. The fourth-order valence-corrected chi connectivity index (χ4v) is 8.22. The van der Waals surface area contributed by atoms with E-state index in [9.17, 15) is 10.5 Å². The summed E-state index contributed by atoms with van der Waals surface area (Å²) in [6.45, 7) is 0. The van der Waals surface area contributed by atoms with E-state index in [2.05, 4.69) is 106 Å². The van der Waals surface area contributed by atoms with Crippen LogP contribution in [-0.4, -0.2) is 9.13 Å². The summed E-state index contributed by atoms with van der Waals surface area (Å²) < 4.78 is 18.1. The largest absolute Gasteiger partial charge is 0.439 e. The molecule has 11 aromatic rings. The highest BCUT2D eigenvalue weighted by atomic mass is 16.3. The van der Waals surface area contributed by atoms with Crippen LogP contribution in [0.4, 0.5) is 0 Å². The molecule has 0 atom stereocenters. The minimum atomic E-state index is 0.585. The van der Waals surface area contributed by atoms with Crippen LogP contribution in [0.5, 0.6) is 0 Å². The van der Waals surface area contributed by atoms with Gasteiger partial charge < -0.3 is 8.83 Å². The summed E-state index contributed by atoms with van der Waals surface area (Å²) in [4.78, 5) is 0. The third kappa shape index (κ3) is 4.20. The Kier molecular flexibility index (Phi) is 6.28. The molecular formula is C48H26N4O2. The molecule has 7 aromatic carbocycles. The van der Waals surface area contributed by atoms with E-state index in [0.717, 1.165) is 99.6 Å². The van der Waals surface area contributed by atoms with Crippen LogP contribution in [0.15, 0.2) is 167 Å². The fraction of sp³-hybridized carbons (Fsp3) is 0. The van der Waals surface area contributed by atoms with Crippen molar-refractivity contribution in [1.29, 1.82) is 10.5 Å². The molecule has 0 radical (unpaired) electrons. The summed E-state index contributed by atoms with van der Waals surface area (Å²) in [6, 6.07) is 57.6. The molecule has 0 saturated heterocycles. The van der Waals surface area contributed by atoms with Gasteiger partial charge in [0, 0.05) is 21.5 Å². The number of benzene rings is 7. The molecule has 0 amide bonds. The highest BCUT2D eigenvalue weighted by Crippen LogP contribution is 2.46. The molecular weight excluding hydrogens is 665 g/mol. The third-order valence-electron chi connectivity index (χ3n) is 10.6. The Morgan fingerprint density at radius 3 is 1.19 bits per heavy atom. The van der Waals surface area contributed by atoms with Crippen molar-refractivity contribution in [2.45, 2.75) is 0 Å². The summed E-state index contributed by atoms with van der Waals surface area (Å²) in [5, 5.41) is 25.7. The maximum Gasteiger partial charge on any atom is 0.213 e. The maximum atomic E-state index is 9.68. The highest BCUT2D eigenvalue weighted by molar-refractivity contribution is 6.21. The minimum absolute atomic E-state index is 0.585. The molecule has 0 aliphatic heterocycles. The normalized spacial score (nSPS) is 11.7. The first-order valence-corrected chi connectivity index (χ1v) is 17.7. The number of hydrogen-bond donors (Lipinski definition) is 0. The topological polar surface area (TPSA) is 83.7 Å². The van der Waals surface area contributed by atoms with Gasteiger partial charge in [-0.25, -0.2) is 0 Å². The number of fused-ring (bicyclic) bond motifs is 10. The van der Waals surface area contributed by atoms with E-state index in [1.165, 1.54) is 0 Å². The number of hydrogen-bond acceptors (Lipinski definition) is 4. The number of nitrogens with zero attached hydrogens (tertiary/aromatic N) is 4. The van der Waals surface area contributed by atoms with E-state index in [1.54, 1.807) is 0 Å². The molecule has 0 aliphatic carbocycles. The standard InChI is InChI=1S/C48H26N4O2/c49-27-29-17-21-31(22-18-29)37-25-41(51-39-13-5-1-9-33(39)45-35-11-3-7-15-43(35)53-47(45)51)42(26-38(37)32-23-19-30(28-50)20-24-32)52-40-14-6-2-10-34(40)46-36-12-4-8-16-44(36)54-48(46)52/h1-26H. The summed E-state index contributed by atoms with van der Waals surface area (Å²) in [5.74, 6) is 0. The van der Waals surface area contributed by atoms with Crippen LogP contribution in [0.3, 0.4) is 0 Å². The Bertz CT molecular complexity index is 3170. The molecule has 0 bridgehead atoms. The quantitative estimate of drug-likeness (QED) is 0.184. The molecule has 6 heteroatoms. The third-order valence-corrected chi connectivity index (χ3v) is 10.6. The van der Waals surface area contributed by atoms with E-state index in [0.29, 0.717) is 11.1 Å². The molecule has 0 aliphatic rings. The van der Waals surface area contributed by atoms with Crippen molar-refractivity contribution in [3.63, 3.8) is 0 Å². The molecule has 54 heavy (non-hydrogen) atoms. The number of nitriles is 2. The molecule has 0 spiro atoms. The fourth-order valence-electron chi connectivity index (χ4n) is 8.22. The highest BCUT2D eigenvalue weighted by Gasteiger charge is 2.27. The molecule has 11 rings (SSSR count). The average Bonchev–Trinajstić information content (AvgIpc) is 3.97. The van der Waals surface area contributed by atoms with Gasteiger partial charge in [0.05, 0.1) is 56.4 Å². The zero-order valence-corrected chi connectivity index (χ0v) is 28.6. The number of para-hydroxylation sites is 4. The molecule has 0 N–H and O–H groups in total. The summed E-state index contributed by atoms with van der Waals surface area (Å²) >= 11 is 0. The van der Waals surface area contributed by atoms with Crippen LogP contribution in [0.25, 0.3) is 99.6 Å². The van der Waals surface area contributed by atoms with E-state index < -0.39 is 0 Å². The molecule has 250 valence electrons. The Labute approximate surface area is 308 Å². The van der Waals surface area contributed by atoms with E-state index in [1.807, 2.05) is 72.8 Å². The molecule has 6 nitrogen and oxygen atoms in total. The lowest BCUT2D eigenvalue weighted by Gasteiger charge is -2.20. The molecule has 4 heterocycles. The number of rotatable bonds is 4. The Balaban J connectivity index is 1.35. The lowest BCUT2D eigenvalue weighted by molar-refractivity contribution is 0.640. The van der Waals surface area contributed by atoms with Gasteiger partial charge in [0.1, 0.15) is 11.2 Å². The van der Waals surface area contributed by atoms with Crippen molar-refractivity contribution in [1.82, 2.24) is 9.13 Å². The lowest BCUT2D eigenvalue weighted by Crippen LogP contribution is -2.05. The second kappa shape index (κ2) is 11.4. The van der Waals surface area contributed by atoms with Gasteiger partial charge in [-0.2, -0.15) is 10.5 Å². The van der Waals surface area contributed by atoms with E-state index in [-0.39, 0.29) is 0 Å². The van der Waals surface area contributed by atoms with Crippen LogP contribution in [0, 0.1) is 22.7 Å². The first-order valence-electron chi connectivity index (χ1n) is 17.7. The number of aromatic nitrogens is 2. The van der Waals surface area contributed by atoms with E-state index >= 15 is 0 Å². The Morgan fingerprint density at radius 2 is 0.778 bits per heavy atom. The van der Waals surface area contributed by atoms with Crippen molar-refractivity contribution in [2.24, 2.45) is 0 Å². The summed E-state index contributed by atoms with van der Waals surface area (Å²) in [6.07, 6.45) is 0. The predicted molar refractivity (Wildman–Crippen MR) is 215 cm³/mol.